The summed E-state index contributed by atoms with van der Waals surface area (Å²) in [7, 11) is 0. The molecule has 0 saturated carbocycles. The molecule has 0 heterocycles. The lowest BCUT2D eigenvalue weighted by Crippen LogP contribution is -2.17. The Morgan fingerprint density at radius 1 is 0.389 bits per heavy atom. The van der Waals surface area contributed by atoms with E-state index in [1.807, 2.05) is 23.5 Å². The molecule has 0 saturated heterocycles. The van der Waals surface area contributed by atoms with Crippen LogP contribution in [0.3, 0.4) is 0 Å². The monoisotopic (exact) mass is 764 g/mol. The highest BCUT2D eigenvalue weighted by Gasteiger charge is 2.27. The fourth-order valence-corrected chi connectivity index (χ4v) is 8.70. The van der Waals surface area contributed by atoms with Gasteiger partial charge in [0.25, 0.3) is 0 Å². The van der Waals surface area contributed by atoms with Crippen molar-refractivity contribution < 1.29 is 10.2 Å². The molecule has 0 radical (unpaired) electrons. The first kappa shape index (κ1) is 42.3. The van der Waals surface area contributed by atoms with Crippen molar-refractivity contribution in [3.8, 4) is 11.5 Å². The molecule has 1 aliphatic rings. The van der Waals surface area contributed by atoms with Crippen molar-refractivity contribution in [2.75, 3.05) is 24.0 Å². The van der Waals surface area contributed by atoms with Crippen molar-refractivity contribution in [2.24, 2.45) is 0 Å². The maximum absolute atomic E-state index is 12.4. The molecular weight excluding hydrogens is 697 g/mol. The van der Waals surface area contributed by atoms with Crippen molar-refractivity contribution in [1.29, 1.82) is 0 Å². The second-order valence-corrected chi connectivity index (χ2v) is 22.0. The van der Waals surface area contributed by atoms with Crippen LogP contribution in [-0.2, 0) is 60.2 Å². The molecule has 0 spiro atoms. The van der Waals surface area contributed by atoms with E-state index >= 15 is 0 Å². The summed E-state index contributed by atoms with van der Waals surface area (Å²) < 4.78 is 0. The maximum atomic E-state index is 12.4. The van der Waals surface area contributed by atoms with Gasteiger partial charge in [-0.3, -0.25) is 0 Å². The third kappa shape index (κ3) is 9.58. The van der Waals surface area contributed by atoms with Crippen LogP contribution in [0.5, 0.6) is 11.5 Å². The van der Waals surface area contributed by atoms with Gasteiger partial charge in [-0.15, -0.1) is 0 Å². The van der Waals surface area contributed by atoms with Crippen molar-refractivity contribution in [3.05, 3.63) is 126 Å². The van der Waals surface area contributed by atoms with E-state index in [0.717, 1.165) is 46.6 Å². The van der Waals surface area contributed by atoms with E-state index in [4.69, 9.17) is 0 Å². The summed E-state index contributed by atoms with van der Waals surface area (Å²) in [5, 5.41) is 24.8. The molecule has 2 N–H and O–H groups in total. The average molecular weight is 765 g/mol. The van der Waals surface area contributed by atoms with Crippen LogP contribution in [0.4, 0.5) is 0 Å². The summed E-state index contributed by atoms with van der Waals surface area (Å²) in [6.45, 7) is 27.5. The van der Waals surface area contributed by atoms with Crippen LogP contribution in [-0.4, -0.2) is 34.2 Å². The van der Waals surface area contributed by atoms with Gasteiger partial charge in [-0.25, -0.2) is 0 Å². The number of fused-ring (bicyclic) bond motifs is 8. The third-order valence-electron chi connectivity index (χ3n) is 11.5. The number of aromatic hydroxyl groups is 2. The second-order valence-electron chi connectivity index (χ2n) is 20.0. The maximum Gasteiger partial charge on any atom is 0.122 e. The molecule has 54 heavy (non-hydrogen) atoms. The molecular formula is C50H68O2S2. The molecule has 0 aliphatic heterocycles. The number of hydrogen-bond acceptors (Lipinski definition) is 4. The molecule has 4 heteroatoms. The van der Waals surface area contributed by atoms with Gasteiger partial charge in [0.1, 0.15) is 11.5 Å². The second kappa shape index (κ2) is 16.0. The van der Waals surface area contributed by atoms with Crippen LogP contribution >= 0.6 is 23.5 Å². The molecule has 0 unspecified atom stereocenters. The number of rotatable bonds is 6. The first-order valence-electron chi connectivity index (χ1n) is 20.0. The van der Waals surface area contributed by atoms with E-state index in [1.165, 1.54) is 55.6 Å². The lowest BCUT2D eigenvalue weighted by Gasteiger charge is -2.28. The minimum absolute atomic E-state index is 0.0655. The summed E-state index contributed by atoms with van der Waals surface area (Å²) in [5.74, 6) is 2.89. The van der Waals surface area contributed by atoms with Gasteiger partial charge in [0, 0.05) is 25.7 Å². The Labute approximate surface area is 337 Å². The highest BCUT2D eigenvalue weighted by Crippen LogP contribution is 2.41. The Hall–Kier alpha value is -2.82. The van der Waals surface area contributed by atoms with E-state index in [2.05, 4.69) is 144 Å². The number of phenols is 2. The molecule has 5 rings (SSSR count). The highest BCUT2D eigenvalue weighted by molar-refractivity contribution is 7.98. The summed E-state index contributed by atoms with van der Waals surface area (Å²) in [6, 6.07) is 18.8. The standard InChI is InChI=1S/C50H68O2S2/c1-47(2,3)39-23-31-19-35-27-41(49(7,8)9)29-37(45(35)51)21-33-25-40(48(4,5)6)26-34(44(33)16-18-54-14)22-38-30-42(50(10,11)12)28-36(46(38)52)20-32(24-39)43(31)15-17-53-13/h23-30,51-52H,15-22H2,1-14H3. The Morgan fingerprint density at radius 2 is 0.593 bits per heavy atom. The zero-order chi connectivity index (χ0) is 40.0. The van der Waals surface area contributed by atoms with Gasteiger partial charge in [-0.1, -0.05) is 132 Å². The summed E-state index contributed by atoms with van der Waals surface area (Å²) >= 11 is 3.75. The van der Waals surface area contributed by atoms with Crippen LogP contribution in [0, 0.1) is 0 Å². The SMILES string of the molecule is CSCCc1c2cc(C(C)(C)C)cc1Cc1cc(C(C)(C)C)cc(c1O)Cc1cc(C(C)(C)C)cc(c1CCSC)Cc1cc(C(C)(C)C)cc(c1O)C2. The van der Waals surface area contributed by atoms with Crippen molar-refractivity contribution in [1.82, 2.24) is 0 Å². The van der Waals surface area contributed by atoms with Gasteiger partial charge in [-0.2, -0.15) is 23.5 Å². The smallest absolute Gasteiger partial charge is 0.122 e. The Bertz CT molecular complexity index is 1750. The summed E-state index contributed by atoms with van der Waals surface area (Å²) in [4.78, 5) is 0. The number of hydrogen-bond donors (Lipinski definition) is 2. The highest BCUT2D eigenvalue weighted by atomic mass is 32.2. The van der Waals surface area contributed by atoms with Crippen LogP contribution in [0.2, 0.25) is 0 Å². The first-order chi connectivity index (χ1) is 25.0. The predicted molar refractivity (Wildman–Crippen MR) is 239 cm³/mol. The molecule has 8 bridgehead atoms. The largest absolute Gasteiger partial charge is 0.507 e. The number of thioether (sulfide) groups is 2. The summed E-state index contributed by atoms with van der Waals surface area (Å²) in [6.07, 6.45) is 8.90. The summed E-state index contributed by atoms with van der Waals surface area (Å²) in [5.41, 5.74) is 16.7. The number of phenolic OH excluding ortho intramolecular Hbond substituents is 2. The minimum Gasteiger partial charge on any atom is -0.507 e. The van der Waals surface area contributed by atoms with Crippen molar-refractivity contribution >= 4 is 23.5 Å². The van der Waals surface area contributed by atoms with Gasteiger partial charge < -0.3 is 10.2 Å². The molecule has 4 aromatic rings. The Morgan fingerprint density at radius 3 is 0.778 bits per heavy atom. The predicted octanol–water partition coefficient (Wildman–Crippen LogP) is 12.8. The normalized spacial score (nSPS) is 14.0. The fraction of sp³-hybridized carbons (Fsp3) is 0.520. The van der Waals surface area contributed by atoms with Gasteiger partial charge in [0.15, 0.2) is 0 Å². The Balaban J connectivity index is 1.95. The van der Waals surface area contributed by atoms with Crippen LogP contribution in [0.15, 0.2) is 48.5 Å². The van der Waals surface area contributed by atoms with Gasteiger partial charge in [0.05, 0.1) is 0 Å². The molecule has 0 atom stereocenters. The van der Waals surface area contributed by atoms with Crippen molar-refractivity contribution in [2.45, 2.75) is 143 Å². The average Bonchev–Trinajstić information content (AvgIpc) is 3.04. The first-order valence-corrected chi connectivity index (χ1v) is 22.8. The molecule has 2 nitrogen and oxygen atoms in total. The van der Waals surface area contributed by atoms with Crippen LogP contribution in [0.1, 0.15) is 161 Å². The van der Waals surface area contributed by atoms with E-state index < -0.39 is 0 Å². The lowest BCUT2D eigenvalue weighted by atomic mass is 9.77. The molecule has 0 fully saturated rings. The molecule has 0 amide bonds. The van der Waals surface area contributed by atoms with E-state index in [1.54, 1.807) is 0 Å². The van der Waals surface area contributed by atoms with Gasteiger partial charge in [-0.05, 0) is 136 Å². The van der Waals surface area contributed by atoms with E-state index in [0.29, 0.717) is 37.2 Å². The van der Waals surface area contributed by atoms with Crippen molar-refractivity contribution in [3.63, 3.8) is 0 Å². The lowest BCUT2D eigenvalue weighted by molar-refractivity contribution is 0.461. The van der Waals surface area contributed by atoms with Gasteiger partial charge >= 0.3 is 0 Å². The quantitative estimate of drug-likeness (QED) is 0.181. The third-order valence-corrected chi connectivity index (χ3v) is 12.7. The molecule has 0 aromatic heterocycles. The van der Waals surface area contributed by atoms with E-state index in [-0.39, 0.29) is 21.7 Å². The van der Waals surface area contributed by atoms with Crippen LogP contribution in [0.25, 0.3) is 0 Å². The topological polar surface area (TPSA) is 40.5 Å². The van der Waals surface area contributed by atoms with E-state index in [9.17, 15) is 10.2 Å². The minimum atomic E-state index is -0.0801. The van der Waals surface area contributed by atoms with Crippen LogP contribution < -0.4 is 0 Å². The number of benzene rings is 4. The Kier molecular flexibility index (Phi) is 12.5. The molecule has 292 valence electrons. The van der Waals surface area contributed by atoms with Gasteiger partial charge in [0.2, 0.25) is 0 Å². The zero-order valence-corrected chi connectivity index (χ0v) is 37.6. The molecule has 1 aliphatic carbocycles. The zero-order valence-electron chi connectivity index (χ0n) is 36.0. The fourth-order valence-electron chi connectivity index (χ4n) is 7.89. The molecule has 4 aromatic carbocycles.